The van der Waals surface area contributed by atoms with Gasteiger partial charge in [0.25, 0.3) is 0 Å². The summed E-state index contributed by atoms with van der Waals surface area (Å²) in [7, 11) is 2.19. The fraction of sp³-hybridized carbons (Fsp3) is 1.00. The maximum atomic E-state index is 3.69. The Kier molecular flexibility index (Phi) is 6.20. The highest BCUT2D eigenvalue weighted by Gasteiger charge is 2.10. The van der Waals surface area contributed by atoms with Crippen molar-refractivity contribution in [3.8, 4) is 0 Å². The molecule has 1 aliphatic rings. The van der Waals surface area contributed by atoms with E-state index in [0.29, 0.717) is 0 Å². The Hall–Kier alpha value is -0.0800. The van der Waals surface area contributed by atoms with E-state index in [1.807, 2.05) is 0 Å². The van der Waals surface area contributed by atoms with Crippen LogP contribution in [0.3, 0.4) is 0 Å². The predicted octanol–water partition coefficient (Wildman–Crippen LogP) is 2.25. The molecule has 2 nitrogen and oxygen atoms in total. The lowest BCUT2D eigenvalue weighted by molar-refractivity contribution is 0.333. The summed E-state index contributed by atoms with van der Waals surface area (Å²) >= 11 is 0. The second-order valence-electron chi connectivity index (χ2n) is 4.54. The van der Waals surface area contributed by atoms with E-state index in [0.717, 1.165) is 19.1 Å². The number of rotatable bonds is 5. The highest BCUT2D eigenvalue weighted by molar-refractivity contribution is 4.70. The first-order chi connectivity index (χ1) is 6.83. The standard InChI is InChI=1S/C12H26N2/c1-3-14(2)11-10-13-12-8-6-4-5-7-9-12/h12-13H,3-11H2,1-2H3. The lowest BCUT2D eigenvalue weighted by atomic mass is 10.1. The molecule has 0 aromatic carbocycles. The third-order valence-corrected chi connectivity index (χ3v) is 3.32. The fourth-order valence-corrected chi connectivity index (χ4v) is 2.10. The summed E-state index contributed by atoms with van der Waals surface area (Å²) in [6.07, 6.45) is 8.56. The third-order valence-electron chi connectivity index (χ3n) is 3.32. The van der Waals surface area contributed by atoms with Crippen molar-refractivity contribution in [3.63, 3.8) is 0 Å². The number of nitrogens with zero attached hydrogens (tertiary/aromatic N) is 1. The van der Waals surface area contributed by atoms with Crippen LogP contribution in [0.5, 0.6) is 0 Å². The number of likely N-dealkylation sites (N-methyl/N-ethyl adjacent to an activating group) is 1. The summed E-state index contributed by atoms with van der Waals surface area (Å²) in [5.41, 5.74) is 0. The molecule has 1 N–H and O–H groups in total. The molecule has 0 spiro atoms. The van der Waals surface area contributed by atoms with Crippen molar-refractivity contribution < 1.29 is 0 Å². The van der Waals surface area contributed by atoms with Crippen LogP contribution >= 0.6 is 0 Å². The molecular weight excluding hydrogens is 172 g/mol. The molecule has 1 aliphatic carbocycles. The second-order valence-corrected chi connectivity index (χ2v) is 4.54. The van der Waals surface area contributed by atoms with Crippen LogP contribution in [0.2, 0.25) is 0 Å². The van der Waals surface area contributed by atoms with Crippen molar-refractivity contribution in [3.05, 3.63) is 0 Å². The van der Waals surface area contributed by atoms with Crippen molar-refractivity contribution in [2.24, 2.45) is 0 Å². The topological polar surface area (TPSA) is 15.3 Å². The molecule has 0 saturated heterocycles. The summed E-state index contributed by atoms with van der Waals surface area (Å²) in [5.74, 6) is 0. The highest BCUT2D eigenvalue weighted by Crippen LogP contribution is 2.16. The average molecular weight is 198 g/mol. The van der Waals surface area contributed by atoms with E-state index in [4.69, 9.17) is 0 Å². The maximum Gasteiger partial charge on any atom is 0.0104 e. The van der Waals surface area contributed by atoms with Gasteiger partial charge in [0, 0.05) is 19.1 Å². The van der Waals surface area contributed by atoms with Crippen LogP contribution in [0.15, 0.2) is 0 Å². The molecule has 84 valence electrons. The Morgan fingerprint density at radius 3 is 2.36 bits per heavy atom. The van der Waals surface area contributed by atoms with E-state index in [-0.39, 0.29) is 0 Å². The Balaban J connectivity index is 2.04. The lowest BCUT2D eigenvalue weighted by Crippen LogP contribution is -2.35. The van der Waals surface area contributed by atoms with Gasteiger partial charge >= 0.3 is 0 Å². The van der Waals surface area contributed by atoms with Gasteiger partial charge < -0.3 is 10.2 Å². The van der Waals surface area contributed by atoms with Gasteiger partial charge in [0.05, 0.1) is 0 Å². The predicted molar refractivity (Wildman–Crippen MR) is 62.7 cm³/mol. The number of nitrogens with one attached hydrogen (secondary N) is 1. The molecule has 1 saturated carbocycles. The average Bonchev–Trinajstić information content (AvgIpc) is 2.46. The van der Waals surface area contributed by atoms with Crippen molar-refractivity contribution in [1.82, 2.24) is 10.2 Å². The van der Waals surface area contributed by atoms with Crippen LogP contribution in [0.1, 0.15) is 45.4 Å². The molecule has 1 fully saturated rings. The molecule has 2 heteroatoms. The third kappa shape index (κ3) is 4.97. The van der Waals surface area contributed by atoms with E-state index < -0.39 is 0 Å². The summed E-state index contributed by atoms with van der Waals surface area (Å²) in [6.45, 7) is 5.72. The van der Waals surface area contributed by atoms with Gasteiger partial charge in [-0.1, -0.05) is 32.6 Å². The summed E-state index contributed by atoms with van der Waals surface area (Å²) in [6, 6.07) is 0.808. The molecule has 1 rings (SSSR count). The van der Waals surface area contributed by atoms with Gasteiger partial charge in [-0.25, -0.2) is 0 Å². The maximum absolute atomic E-state index is 3.69. The first-order valence-electron chi connectivity index (χ1n) is 6.25. The Morgan fingerprint density at radius 2 is 1.79 bits per heavy atom. The fourth-order valence-electron chi connectivity index (χ4n) is 2.10. The summed E-state index contributed by atoms with van der Waals surface area (Å²) in [4.78, 5) is 2.36. The van der Waals surface area contributed by atoms with Crippen molar-refractivity contribution in [2.45, 2.75) is 51.5 Å². The minimum Gasteiger partial charge on any atom is -0.313 e. The van der Waals surface area contributed by atoms with Gasteiger partial charge in [0.1, 0.15) is 0 Å². The lowest BCUT2D eigenvalue weighted by Gasteiger charge is -2.19. The highest BCUT2D eigenvalue weighted by atomic mass is 15.1. The first-order valence-corrected chi connectivity index (χ1v) is 6.25. The minimum atomic E-state index is 0.808. The zero-order valence-electron chi connectivity index (χ0n) is 9.89. The first kappa shape index (κ1) is 12.0. The van der Waals surface area contributed by atoms with Gasteiger partial charge in [0.15, 0.2) is 0 Å². The summed E-state index contributed by atoms with van der Waals surface area (Å²) in [5, 5.41) is 3.69. The van der Waals surface area contributed by atoms with Crippen LogP contribution in [0, 0.1) is 0 Å². The molecule has 0 unspecified atom stereocenters. The monoisotopic (exact) mass is 198 g/mol. The summed E-state index contributed by atoms with van der Waals surface area (Å²) < 4.78 is 0. The van der Waals surface area contributed by atoms with Gasteiger partial charge in [-0.2, -0.15) is 0 Å². The van der Waals surface area contributed by atoms with Crippen LogP contribution in [-0.4, -0.2) is 37.6 Å². The molecule has 0 atom stereocenters. The van der Waals surface area contributed by atoms with Crippen molar-refractivity contribution >= 4 is 0 Å². The van der Waals surface area contributed by atoms with Crippen LogP contribution < -0.4 is 5.32 Å². The molecule has 0 amide bonds. The smallest absolute Gasteiger partial charge is 0.0104 e. The number of hydrogen-bond donors (Lipinski definition) is 1. The van der Waals surface area contributed by atoms with Crippen LogP contribution in [-0.2, 0) is 0 Å². The number of hydrogen-bond acceptors (Lipinski definition) is 2. The molecule has 0 bridgehead atoms. The van der Waals surface area contributed by atoms with Crippen molar-refractivity contribution in [2.75, 3.05) is 26.7 Å². The van der Waals surface area contributed by atoms with Gasteiger partial charge in [-0.15, -0.1) is 0 Å². The van der Waals surface area contributed by atoms with Gasteiger partial charge in [0.2, 0.25) is 0 Å². The molecular formula is C12H26N2. The molecule has 0 aliphatic heterocycles. The van der Waals surface area contributed by atoms with E-state index in [2.05, 4.69) is 24.2 Å². The molecule has 0 heterocycles. The molecule has 0 radical (unpaired) electrons. The quantitative estimate of drug-likeness (QED) is 0.682. The molecule has 14 heavy (non-hydrogen) atoms. The zero-order chi connectivity index (χ0) is 10.2. The van der Waals surface area contributed by atoms with E-state index in [1.54, 1.807) is 0 Å². The Morgan fingerprint density at radius 1 is 1.14 bits per heavy atom. The van der Waals surface area contributed by atoms with Crippen LogP contribution in [0.4, 0.5) is 0 Å². The molecule has 0 aromatic rings. The Bertz CT molecular complexity index is 128. The van der Waals surface area contributed by atoms with Gasteiger partial charge in [-0.3, -0.25) is 0 Å². The van der Waals surface area contributed by atoms with Crippen molar-refractivity contribution in [1.29, 1.82) is 0 Å². The zero-order valence-corrected chi connectivity index (χ0v) is 9.89. The Labute approximate surface area is 89.1 Å². The normalized spacial score (nSPS) is 19.9. The van der Waals surface area contributed by atoms with Gasteiger partial charge in [-0.05, 0) is 26.4 Å². The van der Waals surface area contributed by atoms with Crippen LogP contribution in [0.25, 0.3) is 0 Å². The van der Waals surface area contributed by atoms with E-state index in [9.17, 15) is 0 Å². The largest absolute Gasteiger partial charge is 0.313 e. The minimum absolute atomic E-state index is 0.808. The second kappa shape index (κ2) is 7.24. The van der Waals surface area contributed by atoms with E-state index >= 15 is 0 Å². The molecule has 0 aromatic heterocycles. The SMILES string of the molecule is CCN(C)CCNC1CCCCCC1. The van der Waals surface area contributed by atoms with E-state index in [1.165, 1.54) is 45.1 Å².